The number of ether oxygens (including phenoxy) is 2. The number of benzene rings is 1. The van der Waals surface area contributed by atoms with Gasteiger partial charge in [0.05, 0.1) is 30.4 Å². The molecule has 8 nitrogen and oxygen atoms in total. The van der Waals surface area contributed by atoms with Crippen molar-refractivity contribution in [2.24, 2.45) is 5.41 Å². The second kappa shape index (κ2) is 7.49. The Bertz CT molecular complexity index is 1190. The van der Waals surface area contributed by atoms with Gasteiger partial charge in [0, 0.05) is 22.9 Å². The molecule has 0 unspecified atom stereocenters. The predicted octanol–water partition coefficient (Wildman–Crippen LogP) is 3.60. The van der Waals surface area contributed by atoms with Gasteiger partial charge in [-0.3, -0.25) is 15.1 Å². The number of nitrogens with zero attached hydrogens (tertiary/aromatic N) is 3. The first-order chi connectivity index (χ1) is 15.3. The zero-order chi connectivity index (χ0) is 22.5. The summed E-state index contributed by atoms with van der Waals surface area (Å²) in [4.78, 5) is 17.2. The summed E-state index contributed by atoms with van der Waals surface area (Å²) in [5.74, 6) is -0.689. The van der Waals surface area contributed by atoms with Crippen LogP contribution in [0.25, 0.3) is 11.1 Å². The Morgan fingerprint density at radius 3 is 2.81 bits per heavy atom. The first-order valence-electron chi connectivity index (χ1n) is 10.1. The lowest BCUT2D eigenvalue weighted by atomic mass is 9.41. The number of rotatable bonds is 7. The molecule has 166 valence electrons. The first-order valence-corrected chi connectivity index (χ1v) is 10.9. The van der Waals surface area contributed by atoms with Gasteiger partial charge < -0.3 is 14.6 Å². The molecule has 3 aliphatic carbocycles. The Kier molecular flexibility index (Phi) is 4.86. The predicted molar refractivity (Wildman–Crippen MR) is 116 cm³/mol. The van der Waals surface area contributed by atoms with E-state index in [0.717, 1.165) is 30.6 Å². The van der Waals surface area contributed by atoms with E-state index in [0.29, 0.717) is 28.8 Å². The van der Waals surface area contributed by atoms with Crippen LogP contribution in [0.15, 0.2) is 30.5 Å². The molecular weight excluding hydrogens is 435 g/mol. The molecule has 3 aliphatic rings. The van der Waals surface area contributed by atoms with Crippen LogP contribution in [-0.2, 0) is 0 Å². The highest BCUT2D eigenvalue weighted by Crippen LogP contribution is 2.67. The molecule has 3 fully saturated rings. The number of anilines is 1. The van der Waals surface area contributed by atoms with Crippen molar-refractivity contribution in [1.29, 1.82) is 0 Å². The molecule has 0 saturated heterocycles. The molecule has 0 atom stereocenters. The average molecular weight is 456 g/mol. The maximum Gasteiger partial charge on any atom is 0.295 e. The van der Waals surface area contributed by atoms with Crippen LogP contribution in [0.4, 0.5) is 9.52 Å². The van der Waals surface area contributed by atoms with Crippen LogP contribution in [0.5, 0.6) is 10.9 Å². The number of hydrogen-bond donors (Lipinski definition) is 2. The Morgan fingerprint density at radius 2 is 2.09 bits per heavy atom. The molecule has 32 heavy (non-hydrogen) atoms. The molecule has 3 aromatic rings. The standard InChI is InChI=1S/C22H21FN4O4S/c1-12-6-13(17-15(23)4-3-5-16(17)30-2)14(7-24-12)18(28)25-19-26-27-20(32-19)31-11-21-8-22(29,9-21)10-21/h3-7,29H,8-11H2,1-2H3,(H,25,26,28). The number of amides is 1. The topological polar surface area (TPSA) is 106 Å². The first kappa shape index (κ1) is 20.8. The lowest BCUT2D eigenvalue weighted by Crippen LogP contribution is -2.69. The number of pyridine rings is 1. The van der Waals surface area contributed by atoms with Crippen LogP contribution >= 0.6 is 11.3 Å². The van der Waals surface area contributed by atoms with E-state index in [1.54, 1.807) is 25.1 Å². The molecule has 0 radical (unpaired) electrons. The number of halogens is 1. The summed E-state index contributed by atoms with van der Waals surface area (Å²) in [5, 5.41) is 21.1. The van der Waals surface area contributed by atoms with Gasteiger partial charge in [-0.25, -0.2) is 4.39 Å². The molecule has 10 heteroatoms. The summed E-state index contributed by atoms with van der Waals surface area (Å²) < 4.78 is 25.7. The third kappa shape index (κ3) is 3.59. The molecule has 2 bridgehead atoms. The van der Waals surface area contributed by atoms with Crippen molar-refractivity contribution in [1.82, 2.24) is 15.2 Å². The van der Waals surface area contributed by atoms with Gasteiger partial charge >= 0.3 is 0 Å². The van der Waals surface area contributed by atoms with Crippen molar-refractivity contribution < 1.29 is 23.8 Å². The fourth-order valence-corrected chi connectivity index (χ4v) is 5.26. The lowest BCUT2D eigenvalue weighted by Gasteiger charge is -2.67. The summed E-state index contributed by atoms with van der Waals surface area (Å²) in [6.07, 6.45) is 3.67. The molecule has 6 rings (SSSR count). The molecule has 2 aromatic heterocycles. The summed E-state index contributed by atoms with van der Waals surface area (Å²) in [6, 6.07) is 6.13. The van der Waals surface area contributed by atoms with Crippen LogP contribution in [0, 0.1) is 18.2 Å². The van der Waals surface area contributed by atoms with Crippen LogP contribution < -0.4 is 14.8 Å². The smallest absolute Gasteiger partial charge is 0.295 e. The number of carbonyl (C=O) groups excluding carboxylic acids is 1. The maximum absolute atomic E-state index is 14.7. The van der Waals surface area contributed by atoms with E-state index in [1.807, 2.05) is 0 Å². The number of aryl methyl sites for hydroxylation is 1. The van der Waals surface area contributed by atoms with E-state index in [-0.39, 0.29) is 21.7 Å². The van der Waals surface area contributed by atoms with E-state index >= 15 is 0 Å². The molecular formula is C22H21FN4O4S. The van der Waals surface area contributed by atoms with Crippen molar-refractivity contribution in [3.05, 3.63) is 47.5 Å². The number of methoxy groups -OCH3 is 1. The fraction of sp³-hybridized carbons (Fsp3) is 0.364. The zero-order valence-electron chi connectivity index (χ0n) is 17.5. The number of nitrogens with one attached hydrogen (secondary N) is 1. The summed E-state index contributed by atoms with van der Waals surface area (Å²) in [6.45, 7) is 2.23. The van der Waals surface area contributed by atoms with Gasteiger partial charge in [-0.2, -0.15) is 0 Å². The molecule has 3 saturated carbocycles. The monoisotopic (exact) mass is 456 g/mol. The van der Waals surface area contributed by atoms with Gasteiger partial charge in [-0.1, -0.05) is 11.2 Å². The van der Waals surface area contributed by atoms with Gasteiger partial charge in [0.25, 0.3) is 11.1 Å². The number of carbonyl (C=O) groups is 1. The van der Waals surface area contributed by atoms with Gasteiger partial charge in [-0.05, 0) is 55.7 Å². The summed E-state index contributed by atoms with van der Waals surface area (Å²) in [7, 11) is 1.45. The van der Waals surface area contributed by atoms with E-state index in [2.05, 4.69) is 20.5 Å². The van der Waals surface area contributed by atoms with Crippen LogP contribution in [0.3, 0.4) is 0 Å². The van der Waals surface area contributed by atoms with Crippen LogP contribution in [0.1, 0.15) is 35.3 Å². The molecule has 1 amide bonds. The Balaban J connectivity index is 1.34. The van der Waals surface area contributed by atoms with Gasteiger partial charge in [0.1, 0.15) is 11.6 Å². The Labute approximate surface area is 187 Å². The molecule has 2 N–H and O–H groups in total. The molecule has 0 spiro atoms. The van der Waals surface area contributed by atoms with E-state index in [1.165, 1.54) is 19.4 Å². The van der Waals surface area contributed by atoms with Crippen molar-refractivity contribution in [2.45, 2.75) is 31.8 Å². The number of aromatic nitrogens is 3. The highest BCUT2D eigenvalue weighted by Gasteiger charge is 2.67. The second-order valence-corrected chi connectivity index (χ2v) is 9.50. The van der Waals surface area contributed by atoms with Crippen LogP contribution in [-0.4, -0.2) is 45.5 Å². The number of aliphatic hydroxyl groups is 1. The Morgan fingerprint density at radius 1 is 1.31 bits per heavy atom. The van der Waals surface area contributed by atoms with E-state index in [9.17, 15) is 14.3 Å². The normalized spacial score (nSPS) is 23.1. The van der Waals surface area contributed by atoms with E-state index < -0.39 is 17.3 Å². The highest BCUT2D eigenvalue weighted by atomic mass is 32.1. The van der Waals surface area contributed by atoms with Crippen molar-refractivity contribution >= 4 is 22.4 Å². The minimum atomic E-state index is -0.506. The van der Waals surface area contributed by atoms with Crippen molar-refractivity contribution in [2.75, 3.05) is 19.0 Å². The largest absolute Gasteiger partial charge is 0.496 e. The quantitative estimate of drug-likeness (QED) is 0.559. The van der Waals surface area contributed by atoms with Crippen LogP contribution in [0.2, 0.25) is 0 Å². The average Bonchev–Trinajstić information content (AvgIpc) is 3.16. The Hall–Kier alpha value is -3.11. The van der Waals surface area contributed by atoms with Crippen molar-refractivity contribution in [3.8, 4) is 22.1 Å². The minimum Gasteiger partial charge on any atom is -0.496 e. The maximum atomic E-state index is 14.7. The second-order valence-electron chi connectivity index (χ2n) is 8.56. The summed E-state index contributed by atoms with van der Waals surface area (Å²) in [5.41, 5.74) is 0.931. The molecule has 0 aliphatic heterocycles. The fourth-order valence-electron chi connectivity index (χ4n) is 4.67. The third-order valence-corrected chi connectivity index (χ3v) is 6.74. The number of hydrogen-bond acceptors (Lipinski definition) is 8. The highest BCUT2D eigenvalue weighted by molar-refractivity contribution is 7.17. The zero-order valence-corrected chi connectivity index (χ0v) is 18.3. The SMILES string of the molecule is COc1cccc(F)c1-c1cc(C)ncc1C(=O)Nc1nnc(OCC23CC(O)(C2)C3)s1. The third-order valence-electron chi connectivity index (χ3n) is 5.99. The molecule has 1 aromatic carbocycles. The van der Waals surface area contributed by atoms with Gasteiger partial charge in [0.15, 0.2) is 0 Å². The van der Waals surface area contributed by atoms with Crippen molar-refractivity contribution in [3.63, 3.8) is 0 Å². The van der Waals surface area contributed by atoms with Gasteiger partial charge in [-0.15, -0.1) is 5.10 Å². The van der Waals surface area contributed by atoms with E-state index in [4.69, 9.17) is 9.47 Å². The summed E-state index contributed by atoms with van der Waals surface area (Å²) >= 11 is 1.11. The molecule has 2 heterocycles. The van der Waals surface area contributed by atoms with Gasteiger partial charge in [0.2, 0.25) is 5.13 Å². The minimum absolute atomic E-state index is 0.0467. The lowest BCUT2D eigenvalue weighted by molar-refractivity contribution is -0.269.